The molecule has 28 heavy (non-hydrogen) atoms. The molecule has 0 unspecified atom stereocenters. The molecule has 0 radical (unpaired) electrons. The quantitative estimate of drug-likeness (QED) is 0.658. The van der Waals surface area contributed by atoms with E-state index in [1.54, 1.807) is 30.8 Å². The predicted octanol–water partition coefficient (Wildman–Crippen LogP) is 3.69. The van der Waals surface area contributed by atoms with Crippen molar-refractivity contribution in [2.24, 2.45) is 5.92 Å². The molecule has 3 aromatic rings. The summed E-state index contributed by atoms with van der Waals surface area (Å²) in [5.74, 6) is 1.97. The van der Waals surface area contributed by atoms with E-state index in [1.165, 1.54) is 4.70 Å². The van der Waals surface area contributed by atoms with Gasteiger partial charge in [-0.05, 0) is 36.3 Å². The second-order valence-electron chi connectivity index (χ2n) is 7.15. The van der Waals surface area contributed by atoms with Crippen LogP contribution in [0.2, 0.25) is 0 Å². The average molecular weight is 397 g/mol. The lowest BCUT2D eigenvalue weighted by Gasteiger charge is -2.34. The summed E-state index contributed by atoms with van der Waals surface area (Å²) in [4.78, 5) is 26.4. The van der Waals surface area contributed by atoms with Crippen LogP contribution in [-0.4, -0.2) is 54.6 Å². The van der Waals surface area contributed by atoms with Crippen LogP contribution in [0.1, 0.15) is 22.5 Å². The molecule has 1 fully saturated rings. The van der Waals surface area contributed by atoms with E-state index in [0.29, 0.717) is 11.8 Å². The molecule has 6 nitrogen and oxygen atoms in total. The number of carbonyl (C=O) groups is 1. The Kier molecular flexibility index (Phi) is 5.43. The van der Waals surface area contributed by atoms with E-state index in [-0.39, 0.29) is 5.91 Å². The molecule has 0 spiro atoms. The molecule has 1 amide bonds. The summed E-state index contributed by atoms with van der Waals surface area (Å²) in [6.07, 6.45) is 5.29. The standard InChI is InChI=1S/C21H24N4O2S/c1-24(19-20(27-2)23-10-9-22-19)14-15-7-11-25(12-8-15)21(26)18-13-16-5-3-4-6-17(16)28-18/h3-6,9-10,13,15H,7-8,11-12,14H2,1-2H3. The maximum Gasteiger partial charge on any atom is 0.263 e. The molecular formula is C21H24N4O2S. The van der Waals surface area contributed by atoms with Gasteiger partial charge in [-0.25, -0.2) is 9.97 Å². The summed E-state index contributed by atoms with van der Waals surface area (Å²) in [5, 5.41) is 1.14. The SMILES string of the molecule is COc1nccnc1N(C)CC1CCN(C(=O)c2cc3ccccc3s2)CC1. The van der Waals surface area contributed by atoms with Crippen LogP contribution in [0.5, 0.6) is 5.88 Å². The van der Waals surface area contributed by atoms with Gasteiger partial charge in [-0.3, -0.25) is 4.79 Å². The summed E-state index contributed by atoms with van der Waals surface area (Å²) >= 11 is 1.58. The summed E-state index contributed by atoms with van der Waals surface area (Å²) in [6.45, 7) is 2.46. The lowest BCUT2D eigenvalue weighted by molar-refractivity contribution is 0.0698. The van der Waals surface area contributed by atoms with Crippen molar-refractivity contribution in [3.63, 3.8) is 0 Å². The van der Waals surface area contributed by atoms with Gasteiger partial charge in [0.25, 0.3) is 11.8 Å². The Morgan fingerprint density at radius 2 is 2.00 bits per heavy atom. The van der Waals surface area contributed by atoms with Crippen LogP contribution >= 0.6 is 11.3 Å². The van der Waals surface area contributed by atoms with Crippen LogP contribution < -0.4 is 9.64 Å². The van der Waals surface area contributed by atoms with Crippen LogP contribution in [0, 0.1) is 5.92 Å². The van der Waals surface area contributed by atoms with Gasteiger partial charge in [0.2, 0.25) is 0 Å². The number of methoxy groups -OCH3 is 1. The number of nitrogens with zero attached hydrogens (tertiary/aromatic N) is 4. The Labute approximate surface area is 168 Å². The number of thiophene rings is 1. The Hall–Kier alpha value is -2.67. The first kappa shape index (κ1) is 18.7. The second-order valence-corrected chi connectivity index (χ2v) is 8.24. The monoisotopic (exact) mass is 396 g/mol. The molecule has 3 heterocycles. The molecule has 1 aromatic carbocycles. The molecule has 1 saturated heterocycles. The van der Waals surface area contributed by atoms with Gasteiger partial charge < -0.3 is 14.5 Å². The minimum atomic E-state index is 0.156. The first-order valence-electron chi connectivity index (χ1n) is 9.49. The minimum absolute atomic E-state index is 0.156. The Morgan fingerprint density at radius 3 is 2.75 bits per heavy atom. The summed E-state index contributed by atoms with van der Waals surface area (Å²) in [6, 6.07) is 10.2. The van der Waals surface area contributed by atoms with E-state index in [1.807, 2.05) is 30.1 Å². The largest absolute Gasteiger partial charge is 0.478 e. The molecule has 1 aliphatic rings. The van der Waals surface area contributed by atoms with E-state index in [9.17, 15) is 4.79 Å². The Balaban J connectivity index is 1.36. The molecule has 0 bridgehead atoms. The molecular weight excluding hydrogens is 372 g/mol. The van der Waals surface area contributed by atoms with Crippen molar-refractivity contribution in [2.45, 2.75) is 12.8 Å². The first-order chi connectivity index (χ1) is 13.7. The van der Waals surface area contributed by atoms with Gasteiger partial charge in [0, 0.05) is 43.8 Å². The fraction of sp³-hybridized carbons (Fsp3) is 0.381. The van der Waals surface area contributed by atoms with Gasteiger partial charge in [0.15, 0.2) is 5.82 Å². The van der Waals surface area contributed by atoms with Crippen molar-refractivity contribution >= 4 is 33.1 Å². The smallest absolute Gasteiger partial charge is 0.263 e. The predicted molar refractivity (Wildman–Crippen MR) is 112 cm³/mol. The molecule has 146 valence electrons. The van der Waals surface area contributed by atoms with E-state index < -0.39 is 0 Å². The number of hydrogen-bond donors (Lipinski definition) is 0. The summed E-state index contributed by atoms with van der Waals surface area (Å²) in [7, 11) is 3.63. The lowest BCUT2D eigenvalue weighted by atomic mass is 9.96. The lowest BCUT2D eigenvalue weighted by Crippen LogP contribution is -2.41. The van der Waals surface area contributed by atoms with Gasteiger partial charge in [-0.2, -0.15) is 0 Å². The van der Waals surface area contributed by atoms with E-state index in [4.69, 9.17) is 4.74 Å². The zero-order valence-electron chi connectivity index (χ0n) is 16.2. The van der Waals surface area contributed by atoms with Crippen molar-refractivity contribution < 1.29 is 9.53 Å². The fourth-order valence-electron chi connectivity index (χ4n) is 3.76. The molecule has 0 saturated carbocycles. The van der Waals surface area contributed by atoms with Crippen molar-refractivity contribution in [3.05, 3.63) is 47.6 Å². The topological polar surface area (TPSA) is 58.6 Å². The van der Waals surface area contributed by atoms with Crippen LogP contribution in [0.3, 0.4) is 0 Å². The molecule has 2 aromatic heterocycles. The molecule has 4 rings (SSSR count). The van der Waals surface area contributed by atoms with E-state index in [2.05, 4.69) is 27.0 Å². The van der Waals surface area contributed by atoms with Crippen LogP contribution in [0.25, 0.3) is 10.1 Å². The molecule has 0 atom stereocenters. The Bertz CT molecular complexity index is 933. The number of aromatic nitrogens is 2. The molecule has 1 aliphatic heterocycles. The number of amides is 1. The molecule has 0 aliphatic carbocycles. The average Bonchev–Trinajstić information content (AvgIpc) is 3.18. The van der Waals surface area contributed by atoms with Crippen molar-refractivity contribution in [1.29, 1.82) is 0 Å². The van der Waals surface area contributed by atoms with Crippen molar-refractivity contribution in [1.82, 2.24) is 14.9 Å². The number of hydrogen-bond acceptors (Lipinski definition) is 6. The van der Waals surface area contributed by atoms with Crippen molar-refractivity contribution in [3.8, 4) is 5.88 Å². The number of carbonyl (C=O) groups excluding carboxylic acids is 1. The van der Waals surface area contributed by atoms with E-state index in [0.717, 1.165) is 48.6 Å². The van der Waals surface area contributed by atoms with Gasteiger partial charge in [-0.1, -0.05) is 18.2 Å². The number of ether oxygens (including phenoxy) is 1. The molecule has 7 heteroatoms. The zero-order chi connectivity index (χ0) is 19.5. The fourth-order valence-corrected chi connectivity index (χ4v) is 4.79. The van der Waals surface area contributed by atoms with Crippen LogP contribution in [0.15, 0.2) is 42.7 Å². The Morgan fingerprint density at radius 1 is 1.25 bits per heavy atom. The third-order valence-electron chi connectivity index (χ3n) is 5.27. The second kappa shape index (κ2) is 8.14. The minimum Gasteiger partial charge on any atom is -0.478 e. The number of piperidine rings is 1. The van der Waals surface area contributed by atoms with E-state index >= 15 is 0 Å². The van der Waals surface area contributed by atoms with Gasteiger partial charge in [0.05, 0.1) is 12.0 Å². The third-order valence-corrected chi connectivity index (χ3v) is 6.38. The normalized spacial score (nSPS) is 15.0. The number of fused-ring (bicyclic) bond motifs is 1. The maximum atomic E-state index is 12.9. The van der Waals surface area contributed by atoms with Crippen molar-refractivity contribution in [2.75, 3.05) is 38.7 Å². The highest BCUT2D eigenvalue weighted by Gasteiger charge is 2.26. The third kappa shape index (κ3) is 3.80. The van der Waals surface area contributed by atoms with Crippen LogP contribution in [-0.2, 0) is 0 Å². The summed E-state index contributed by atoms with van der Waals surface area (Å²) in [5.41, 5.74) is 0. The number of benzene rings is 1. The summed E-state index contributed by atoms with van der Waals surface area (Å²) < 4.78 is 6.48. The zero-order valence-corrected chi connectivity index (χ0v) is 17.0. The van der Waals surface area contributed by atoms with Gasteiger partial charge in [-0.15, -0.1) is 11.3 Å². The molecule has 0 N–H and O–H groups in total. The number of anilines is 1. The first-order valence-corrected chi connectivity index (χ1v) is 10.3. The maximum absolute atomic E-state index is 12.9. The van der Waals surface area contributed by atoms with Gasteiger partial charge >= 0.3 is 0 Å². The number of rotatable bonds is 5. The highest BCUT2D eigenvalue weighted by molar-refractivity contribution is 7.20. The highest BCUT2D eigenvalue weighted by Crippen LogP contribution is 2.29. The van der Waals surface area contributed by atoms with Crippen LogP contribution in [0.4, 0.5) is 5.82 Å². The highest BCUT2D eigenvalue weighted by atomic mass is 32.1. The van der Waals surface area contributed by atoms with Gasteiger partial charge in [0.1, 0.15) is 0 Å². The number of likely N-dealkylation sites (tertiary alicyclic amines) is 1.